The third-order valence-electron chi connectivity index (χ3n) is 11.0. The van der Waals surface area contributed by atoms with E-state index < -0.39 is 0 Å². The van der Waals surface area contributed by atoms with Crippen LogP contribution in [0.15, 0.2) is 188 Å². The number of benzene rings is 7. The molecule has 0 N–H and O–H groups in total. The second kappa shape index (κ2) is 13.2. The molecule has 250 valence electrons. The standard InChI is InChI=1S/C51H41N/c1-51(2)49-34-43(42-20-18-39(19-21-42)36-12-6-3-7-13-36)26-32-47(49)48-33-31-46(35-50(48)51)52(44-27-22-40(23-28-44)37-14-8-4-9-15-37)45-29-24-41(25-30-45)38-16-10-5-11-17-38/h3-6,8-12,14-35H,7,13H2,1-2H3. The second-order valence-electron chi connectivity index (χ2n) is 14.5. The number of hydrogen-bond donors (Lipinski definition) is 0. The molecular formula is C51H41N. The summed E-state index contributed by atoms with van der Waals surface area (Å²) < 4.78 is 0. The molecule has 0 unspecified atom stereocenters. The molecule has 0 saturated heterocycles. The van der Waals surface area contributed by atoms with E-state index >= 15 is 0 Å². The van der Waals surface area contributed by atoms with Crippen LogP contribution in [0.3, 0.4) is 0 Å². The lowest BCUT2D eigenvalue weighted by atomic mass is 9.81. The first-order chi connectivity index (χ1) is 25.5. The highest BCUT2D eigenvalue weighted by atomic mass is 15.1. The van der Waals surface area contributed by atoms with Crippen molar-refractivity contribution in [3.05, 3.63) is 205 Å². The van der Waals surface area contributed by atoms with Crippen molar-refractivity contribution in [3.63, 3.8) is 0 Å². The van der Waals surface area contributed by atoms with Crippen LogP contribution < -0.4 is 4.90 Å². The molecule has 0 spiro atoms. The number of hydrogen-bond acceptors (Lipinski definition) is 1. The van der Waals surface area contributed by atoms with Crippen LogP contribution in [0.2, 0.25) is 0 Å². The van der Waals surface area contributed by atoms with Crippen LogP contribution in [0.4, 0.5) is 17.1 Å². The van der Waals surface area contributed by atoms with Gasteiger partial charge in [-0.2, -0.15) is 0 Å². The Morgan fingerprint density at radius 2 is 0.865 bits per heavy atom. The number of rotatable bonds is 7. The maximum Gasteiger partial charge on any atom is 0.0465 e. The van der Waals surface area contributed by atoms with E-state index in [1.807, 2.05) is 0 Å². The lowest BCUT2D eigenvalue weighted by molar-refractivity contribution is 0.660. The zero-order valence-corrected chi connectivity index (χ0v) is 29.8. The van der Waals surface area contributed by atoms with Crippen molar-refractivity contribution in [2.75, 3.05) is 4.90 Å². The largest absolute Gasteiger partial charge is 0.310 e. The van der Waals surface area contributed by atoms with Gasteiger partial charge in [-0.3, -0.25) is 0 Å². The Kier molecular flexibility index (Phi) is 8.05. The molecule has 1 nitrogen and oxygen atoms in total. The van der Waals surface area contributed by atoms with Gasteiger partial charge in [0.1, 0.15) is 0 Å². The van der Waals surface area contributed by atoms with Crippen molar-refractivity contribution in [2.24, 2.45) is 0 Å². The van der Waals surface area contributed by atoms with Gasteiger partial charge in [-0.15, -0.1) is 0 Å². The maximum absolute atomic E-state index is 2.43. The van der Waals surface area contributed by atoms with Crippen LogP contribution in [0, 0.1) is 0 Å². The molecule has 0 aromatic heterocycles. The monoisotopic (exact) mass is 667 g/mol. The summed E-state index contributed by atoms with van der Waals surface area (Å²) in [7, 11) is 0. The average molecular weight is 668 g/mol. The van der Waals surface area contributed by atoms with Gasteiger partial charge in [-0.05, 0) is 122 Å². The minimum atomic E-state index is -0.157. The summed E-state index contributed by atoms with van der Waals surface area (Å²) >= 11 is 0. The number of nitrogens with zero attached hydrogens (tertiary/aromatic N) is 1. The molecule has 0 heterocycles. The summed E-state index contributed by atoms with van der Waals surface area (Å²) in [6.07, 6.45) is 8.91. The molecule has 1 heteroatoms. The molecule has 9 rings (SSSR count). The van der Waals surface area contributed by atoms with Gasteiger partial charge in [-0.1, -0.05) is 159 Å². The van der Waals surface area contributed by atoms with E-state index in [1.165, 1.54) is 66.8 Å². The Labute approximate surface area is 307 Å². The van der Waals surface area contributed by atoms with Crippen LogP contribution in [0.5, 0.6) is 0 Å². The maximum atomic E-state index is 2.43. The molecule has 0 bridgehead atoms. The van der Waals surface area contributed by atoms with Gasteiger partial charge < -0.3 is 4.90 Å². The van der Waals surface area contributed by atoms with Gasteiger partial charge in [0.2, 0.25) is 0 Å². The Morgan fingerprint density at radius 1 is 0.423 bits per heavy atom. The Balaban J connectivity index is 1.08. The van der Waals surface area contributed by atoms with Gasteiger partial charge in [0.05, 0.1) is 0 Å². The van der Waals surface area contributed by atoms with E-state index in [0.29, 0.717) is 0 Å². The first-order valence-electron chi connectivity index (χ1n) is 18.4. The smallest absolute Gasteiger partial charge is 0.0465 e. The van der Waals surface area contributed by atoms with Crippen LogP contribution in [0.1, 0.15) is 43.4 Å². The van der Waals surface area contributed by atoms with E-state index in [1.54, 1.807) is 0 Å². The highest BCUT2D eigenvalue weighted by Gasteiger charge is 2.36. The van der Waals surface area contributed by atoms with Crippen LogP contribution in [0.25, 0.3) is 50.1 Å². The molecule has 0 saturated carbocycles. The number of fused-ring (bicyclic) bond motifs is 3. The summed E-state index contributed by atoms with van der Waals surface area (Å²) in [5.41, 5.74) is 18.8. The molecule has 0 radical (unpaired) electrons. The van der Waals surface area contributed by atoms with Crippen LogP contribution in [-0.2, 0) is 5.41 Å². The zero-order valence-electron chi connectivity index (χ0n) is 29.8. The summed E-state index contributed by atoms with van der Waals surface area (Å²) in [6.45, 7) is 4.76. The van der Waals surface area contributed by atoms with Crippen molar-refractivity contribution in [1.82, 2.24) is 0 Å². The van der Waals surface area contributed by atoms with Gasteiger partial charge in [0.25, 0.3) is 0 Å². The van der Waals surface area contributed by atoms with E-state index in [-0.39, 0.29) is 5.41 Å². The quantitative estimate of drug-likeness (QED) is 0.164. The fourth-order valence-electron chi connectivity index (χ4n) is 8.08. The summed E-state index contributed by atoms with van der Waals surface area (Å²) in [4.78, 5) is 2.40. The normalized spacial score (nSPS) is 14.0. The summed E-state index contributed by atoms with van der Waals surface area (Å²) in [6, 6.07) is 62.4. The molecular weight excluding hydrogens is 627 g/mol. The van der Waals surface area contributed by atoms with Gasteiger partial charge in [-0.25, -0.2) is 0 Å². The minimum absolute atomic E-state index is 0.157. The Morgan fingerprint density at radius 3 is 1.42 bits per heavy atom. The van der Waals surface area contributed by atoms with Crippen LogP contribution >= 0.6 is 0 Å². The molecule has 52 heavy (non-hydrogen) atoms. The third-order valence-corrected chi connectivity index (χ3v) is 11.0. The molecule has 7 aromatic carbocycles. The lowest BCUT2D eigenvalue weighted by Crippen LogP contribution is -2.16. The lowest BCUT2D eigenvalue weighted by Gasteiger charge is -2.28. The minimum Gasteiger partial charge on any atom is -0.310 e. The van der Waals surface area contributed by atoms with Gasteiger partial charge >= 0.3 is 0 Å². The van der Waals surface area contributed by atoms with E-state index in [9.17, 15) is 0 Å². The first-order valence-corrected chi connectivity index (χ1v) is 18.4. The van der Waals surface area contributed by atoms with E-state index in [4.69, 9.17) is 0 Å². The van der Waals surface area contributed by atoms with Crippen molar-refractivity contribution in [3.8, 4) is 44.5 Å². The van der Waals surface area contributed by atoms with Gasteiger partial charge in [0, 0.05) is 22.5 Å². The fraction of sp³-hybridized carbons (Fsp3) is 0.0980. The molecule has 0 aliphatic heterocycles. The topological polar surface area (TPSA) is 3.24 Å². The van der Waals surface area contributed by atoms with Crippen LogP contribution in [-0.4, -0.2) is 0 Å². The highest BCUT2D eigenvalue weighted by Crippen LogP contribution is 2.51. The molecule has 0 amide bonds. The highest BCUT2D eigenvalue weighted by molar-refractivity contribution is 5.88. The van der Waals surface area contributed by atoms with E-state index in [0.717, 1.165) is 29.9 Å². The molecule has 0 atom stereocenters. The molecule has 2 aliphatic rings. The Hall–Kier alpha value is -6.18. The van der Waals surface area contributed by atoms with Gasteiger partial charge in [0.15, 0.2) is 0 Å². The second-order valence-corrected chi connectivity index (χ2v) is 14.5. The summed E-state index contributed by atoms with van der Waals surface area (Å²) in [5, 5.41) is 0. The SMILES string of the molecule is CC1(C)c2cc(-c3ccc(C4=CC=CCC4)cc3)ccc2-c2ccc(N(c3ccc(-c4ccccc4)cc3)c3ccc(-c4ccccc4)cc3)cc21. The number of anilines is 3. The summed E-state index contributed by atoms with van der Waals surface area (Å²) in [5.74, 6) is 0. The first kappa shape index (κ1) is 31.8. The average Bonchev–Trinajstić information content (AvgIpc) is 3.44. The number of allylic oxidation sites excluding steroid dienone is 4. The zero-order chi connectivity index (χ0) is 35.1. The van der Waals surface area contributed by atoms with E-state index in [2.05, 4.69) is 207 Å². The molecule has 2 aliphatic carbocycles. The predicted molar refractivity (Wildman–Crippen MR) is 221 cm³/mol. The van der Waals surface area contributed by atoms with Crippen molar-refractivity contribution < 1.29 is 0 Å². The third kappa shape index (κ3) is 5.79. The predicted octanol–water partition coefficient (Wildman–Crippen LogP) is 14.2. The Bertz CT molecular complexity index is 2350. The van der Waals surface area contributed by atoms with Crippen molar-refractivity contribution in [1.29, 1.82) is 0 Å². The molecule has 7 aromatic rings. The van der Waals surface area contributed by atoms with Crippen molar-refractivity contribution in [2.45, 2.75) is 32.1 Å². The van der Waals surface area contributed by atoms with Crippen molar-refractivity contribution >= 4 is 22.6 Å². The fourth-order valence-corrected chi connectivity index (χ4v) is 8.08. The molecule has 0 fully saturated rings.